The van der Waals surface area contributed by atoms with Crippen molar-refractivity contribution in [3.63, 3.8) is 0 Å². The Balaban J connectivity index is 2.34. The Kier molecular flexibility index (Phi) is 2.97. The van der Waals surface area contributed by atoms with E-state index in [0.29, 0.717) is 5.56 Å². The minimum atomic E-state index is -0.705. The maximum atomic E-state index is 11.7. The number of carbonyl (C=O) groups is 2. The Labute approximate surface area is 98.3 Å². The summed E-state index contributed by atoms with van der Waals surface area (Å²) in [4.78, 5) is 22.6. The van der Waals surface area contributed by atoms with E-state index >= 15 is 0 Å². The van der Waals surface area contributed by atoms with Crippen LogP contribution < -0.4 is 0 Å². The average Bonchev–Trinajstić information content (AvgIpc) is 2.38. The summed E-state index contributed by atoms with van der Waals surface area (Å²) in [6.45, 7) is 0. The molecule has 0 aliphatic rings. The molecule has 2 aromatic rings. The Bertz CT molecular complexity index is 638. The Hall–Kier alpha value is -2.47. The first-order chi connectivity index (χ1) is 8.20. The highest BCUT2D eigenvalue weighted by Gasteiger charge is 2.11. The van der Waals surface area contributed by atoms with Crippen molar-refractivity contribution in [2.45, 2.75) is 6.42 Å². The van der Waals surface area contributed by atoms with Crippen molar-refractivity contribution in [2.24, 2.45) is 0 Å². The van der Waals surface area contributed by atoms with Crippen molar-refractivity contribution >= 4 is 22.3 Å². The van der Waals surface area contributed by atoms with Crippen LogP contribution in [0.5, 0.6) is 0 Å². The molecule has 0 amide bonds. The van der Waals surface area contributed by atoms with Crippen LogP contribution in [0.1, 0.15) is 16.8 Å². The van der Waals surface area contributed by atoms with Gasteiger partial charge in [-0.05, 0) is 16.8 Å². The maximum Gasteiger partial charge on any atom is 0.239 e. The van der Waals surface area contributed by atoms with Crippen LogP contribution in [-0.2, 0) is 4.79 Å². The van der Waals surface area contributed by atoms with Crippen molar-refractivity contribution in [2.75, 3.05) is 0 Å². The summed E-state index contributed by atoms with van der Waals surface area (Å²) in [6, 6.07) is 14.3. The second-order valence-corrected chi connectivity index (χ2v) is 3.70. The van der Waals surface area contributed by atoms with Gasteiger partial charge in [-0.2, -0.15) is 5.26 Å². The second-order valence-electron chi connectivity index (χ2n) is 3.70. The number of nitriles is 1. The normalized spacial score (nSPS) is 9.82. The summed E-state index contributed by atoms with van der Waals surface area (Å²) in [5, 5.41) is 10.3. The smallest absolute Gasteiger partial charge is 0.239 e. The van der Waals surface area contributed by atoms with Crippen molar-refractivity contribution in [3.8, 4) is 6.07 Å². The summed E-state index contributed by atoms with van der Waals surface area (Å²) in [5.41, 5.74) is 0.465. The molecule has 2 aromatic carbocycles. The number of ketones is 2. The molecule has 0 fully saturated rings. The zero-order chi connectivity index (χ0) is 12.3. The van der Waals surface area contributed by atoms with E-state index in [1.807, 2.05) is 30.3 Å². The zero-order valence-corrected chi connectivity index (χ0v) is 9.01. The van der Waals surface area contributed by atoms with Crippen LogP contribution in [-0.4, -0.2) is 11.6 Å². The number of hydrogen-bond donors (Lipinski definition) is 0. The van der Waals surface area contributed by atoms with Gasteiger partial charge in [0, 0.05) is 5.56 Å². The first-order valence-corrected chi connectivity index (χ1v) is 5.15. The molecule has 0 N–H and O–H groups in total. The molecule has 17 heavy (non-hydrogen) atoms. The number of rotatable bonds is 3. The molecule has 3 heteroatoms. The number of carbonyl (C=O) groups excluding carboxylic acids is 2. The van der Waals surface area contributed by atoms with Gasteiger partial charge in [0.05, 0.1) is 6.42 Å². The molecule has 0 radical (unpaired) electrons. The quantitative estimate of drug-likeness (QED) is 0.456. The Morgan fingerprint density at radius 3 is 2.47 bits per heavy atom. The van der Waals surface area contributed by atoms with Gasteiger partial charge < -0.3 is 0 Å². The molecule has 0 spiro atoms. The van der Waals surface area contributed by atoms with Crippen LogP contribution >= 0.6 is 0 Å². The fourth-order valence-electron chi connectivity index (χ4n) is 1.65. The van der Waals surface area contributed by atoms with Gasteiger partial charge in [0.1, 0.15) is 6.07 Å². The molecule has 82 valence electrons. The average molecular weight is 223 g/mol. The van der Waals surface area contributed by atoms with E-state index in [0.717, 1.165) is 10.8 Å². The largest absolute Gasteiger partial charge is 0.294 e. The van der Waals surface area contributed by atoms with Gasteiger partial charge in [-0.3, -0.25) is 9.59 Å². The first kappa shape index (κ1) is 11.0. The molecule has 0 aliphatic heterocycles. The fraction of sp³-hybridized carbons (Fsp3) is 0.0714. The Morgan fingerprint density at radius 1 is 1.06 bits per heavy atom. The molecular weight excluding hydrogens is 214 g/mol. The SMILES string of the molecule is N#CC(=O)CC(=O)c1ccc2ccccc2c1. The predicted molar refractivity (Wildman–Crippen MR) is 63.5 cm³/mol. The van der Waals surface area contributed by atoms with Gasteiger partial charge in [0.25, 0.3) is 0 Å². The lowest BCUT2D eigenvalue weighted by molar-refractivity contribution is -0.113. The lowest BCUT2D eigenvalue weighted by Gasteiger charge is -2.01. The van der Waals surface area contributed by atoms with Crippen molar-refractivity contribution < 1.29 is 9.59 Å². The third kappa shape index (κ3) is 2.37. The highest BCUT2D eigenvalue weighted by atomic mass is 16.1. The third-order valence-corrected chi connectivity index (χ3v) is 2.52. The van der Waals surface area contributed by atoms with Gasteiger partial charge in [-0.15, -0.1) is 0 Å². The fourth-order valence-corrected chi connectivity index (χ4v) is 1.65. The summed E-state index contributed by atoms with van der Waals surface area (Å²) in [5.74, 6) is -1.02. The number of Topliss-reactive ketones (excluding diaryl/α,β-unsaturated/α-hetero) is 2. The first-order valence-electron chi connectivity index (χ1n) is 5.15. The molecule has 0 saturated carbocycles. The van der Waals surface area contributed by atoms with E-state index in [-0.39, 0.29) is 12.2 Å². The molecule has 0 saturated heterocycles. The maximum absolute atomic E-state index is 11.7. The van der Waals surface area contributed by atoms with Crippen molar-refractivity contribution in [1.82, 2.24) is 0 Å². The lowest BCUT2D eigenvalue weighted by Crippen LogP contribution is -2.05. The van der Waals surface area contributed by atoms with Crippen molar-refractivity contribution in [3.05, 3.63) is 48.0 Å². The van der Waals surface area contributed by atoms with Gasteiger partial charge in [-0.1, -0.05) is 36.4 Å². The Morgan fingerprint density at radius 2 is 1.76 bits per heavy atom. The van der Waals surface area contributed by atoms with Crippen LogP contribution in [0.4, 0.5) is 0 Å². The molecule has 0 unspecified atom stereocenters. The summed E-state index contributed by atoms with van der Waals surface area (Å²) in [7, 11) is 0. The van der Waals surface area contributed by atoms with E-state index < -0.39 is 5.78 Å². The summed E-state index contributed by atoms with van der Waals surface area (Å²) >= 11 is 0. The van der Waals surface area contributed by atoms with Crippen LogP contribution in [0.25, 0.3) is 10.8 Å². The molecule has 2 rings (SSSR count). The number of hydrogen-bond acceptors (Lipinski definition) is 3. The summed E-state index contributed by atoms with van der Waals surface area (Å²) < 4.78 is 0. The molecule has 0 atom stereocenters. The van der Waals surface area contributed by atoms with Crippen LogP contribution in [0.3, 0.4) is 0 Å². The predicted octanol–water partition coefficient (Wildman–Crippen LogP) is 2.51. The number of fused-ring (bicyclic) bond motifs is 1. The van der Waals surface area contributed by atoms with E-state index in [1.165, 1.54) is 6.07 Å². The minimum absolute atomic E-state index is 0.317. The molecule has 0 bridgehead atoms. The second kappa shape index (κ2) is 4.58. The number of nitrogens with zero attached hydrogens (tertiary/aromatic N) is 1. The molecule has 0 heterocycles. The standard InChI is InChI=1S/C14H9NO2/c15-9-13(16)8-14(17)12-6-5-10-3-1-2-4-11(10)7-12/h1-7H,8H2. The lowest BCUT2D eigenvalue weighted by atomic mass is 10.0. The highest BCUT2D eigenvalue weighted by Crippen LogP contribution is 2.16. The van der Waals surface area contributed by atoms with Gasteiger partial charge >= 0.3 is 0 Å². The van der Waals surface area contributed by atoms with Gasteiger partial charge in [0.2, 0.25) is 5.78 Å². The third-order valence-electron chi connectivity index (χ3n) is 2.52. The van der Waals surface area contributed by atoms with E-state index in [1.54, 1.807) is 12.1 Å². The molecular formula is C14H9NO2. The van der Waals surface area contributed by atoms with Crippen LogP contribution in [0.15, 0.2) is 42.5 Å². The van der Waals surface area contributed by atoms with Crippen molar-refractivity contribution in [1.29, 1.82) is 5.26 Å². The van der Waals surface area contributed by atoms with E-state index in [2.05, 4.69) is 0 Å². The van der Waals surface area contributed by atoms with Gasteiger partial charge in [0.15, 0.2) is 5.78 Å². The number of benzene rings is 2. The van der Waals surface area contributed by atoms with E-state index in [9.17, 15) is 9.59 Å². The topological polar surface area (TPSA) is 57.9 Å². The van der Waals surface area contributed by atoms with Crippen LogP contribution in [0.2, 0.25) is 0 Å². The molecule has 0 aliphatic carbocycles. The minimum Gasteiger partial charge on any atom is -0.294 e. The molecule has 0 aromatic heterocycles. The van der Waals surface area contributed by atoms with E-state index in [4.69, 9.17) is 5.26 Å². The van der Waals surface area contributed by atoms with Crippen LogP contribution in [0, 0.1) is 11.3 Å². The van der Waals surface area contributed by atoms with Gasteiger partial charge in [-0.25, -0.2) is 0 Å². The zero-order valence-electron chi connectivity index (χ0n) is 9.01. The summed E-state index contributed by atoms with van der Waals surface area (Å²) in [6.07, 6.45) is -0.352. The monoisotopic (exact) mass is 223 g/mol. The molecule has 3 nitrogen and oxygen atoms in total. The highest BCUT2D eigenvalue weighted by molar-refractivity contribution is 6.13.